The molecule has 0 aliphatic rings. The second-order valence-electron chi connectivity index (χ2n) is 6.54. The van der Waals surface area contributed by atoms with Crippen molar-refractivity contribution in [1.29, 1.82) is 0 Å². The summed E-state index contributed by atoms with van der Waals surface area (Å²) in [4.78, 5) is 1.40. The molecule has 0 spiro atoms. The zero-order valence-electron chi connectivity index (χ0n) is 12.2. The first-order valence-electron chi connectivity index (χ1n) is 6.75. The van der Waals surface area contributed by atoms with Crippen molar-refractivity contribution in [2.75, 3.05) is 6.54 Å². The van der Waals surface area contributed by atoms with Crippen LogP contribution < -0.4 is 5.32 Å². The van der Waals surface area contributed by atoms with Crippen LogP contribution in [0.2, 0.25) is 4.34 Å². The quantitative estimate of drug-likeness (QED) is 0.777. The Morgan fingerprint density at radius 3 is 2.39 bits per heavy atom. The molecule has 104 valence electrons. The average molecular weight is 288 g/mol. The molecular weight excluding hydrogens is 262 g/mol. The number of hydrogen-bond acceptors (Lipinski definition) is 2. The van der Waals surface area contributed by atoms with Gasteiger partial charge in [-0.25, -0.2) is 0 Å². The minimum absolute atomic E-state index is 0.197. The molecule has 1 nitrogen and oxygen atoms in total. The fraction of sp³-hybridized carbons (Fsp3) is 0.733. The Labute approximate surface area is 121 Å². The van der Waals surface area contributed by atoms with Crippen LogP contribution in [0.25, 0.3) is 0 Å². The van der Waals surface area contributed by atoms with Gasteiger partial charge in [0.05, 0.1) is 4.34 Å². The molecule has 1 atom stereocenters. The number of halogens is 1. The predicted molar refractivity (Wildman–Crippen MR) is 83.7 cm³/mol. The van der Waals surface area contributed by atoms with Crippen LogP contribution in [0.3, 0.4) is 0 Å². The Morgan fingerprint density at radius 1 is 1.28 bits per heavy atom. The van der Waals surface area contributed by atoms with Crippen molar-refractivity contribution in [2.24, 2.45) is 11.8 Å². The number of hydrogen-bond donors (Lipinski definition) is 1. The van der Waals surface area contributed by atoms with Crippen LogP contribution in [0.5, 0.6) is 0 Å². The fourth-order valence-electron chi connectivity index (χ4n) is 2.10. The summed E-state index contributed by atoms with van der Waals surface area (Å²) in [6, 6.07) is 4.17. The molecule has 0 bridgehead atoms. The van der Waals surface area contributed by atoms with Gasteiger partial charge >= 0.3 is 0 Å². The minimum atomic E-state index is 0.197. The highest BCUT2D eigenvalue weighted by Crippen LogP contribution is 2.26. The highest BCUT2D eigenvalue weighted by atomic mass is 35.5. The molecule has 0 aliphatic carbocycles. The van der Waals surface area contributed by atoms with Gasteiger partial charge in [-0.05, 0) is 64.1 Å². The molecular formula is C15H26ClNS. The van der Waals surface area contributed by atoms with E-state index in [1.807, 2.05) is 6.07 Å². The molecule has 0 radical (unpaired) electrons. The van der Waals surface area contributed by atoms with Crippen LogP contribution in [-0.2, 0) is 6.42 Å². The summed E-state index contributed by atoms with van der Waals surface area (Å²) in [5.74, 6) is 1.44. The van der Waals surface area contributed by atoms with E-state index in [1.165, 1.54) is 11.3 Å². The summed E-state index contributed by atoms with van der Waals surface area (Å²) >= 11 is 7.72. The molecule has 1 heterocycles. The van der Waals surface area contributed by atoms with Crippen molar-refractivity contribution in [3.05, 3.63) is 21.3 Å². The van der Waals surface area contributed by atoms with Crippen LogP contribution in [0.4, 0.5) is 0 Å². The summed E-state index contributed by atoms with van der Waals surface area (Å²) in [5.41, 5.74) is 0.197. The lowest BCUT2D eigenvalue weighted by Crippen LogP contribution is -2.39. The highest BCUT2D eigenvalue weighted by Gasteiger charge is 2.16. The maximum absolute atomic E-state index is 6.00. The Balaban J connectivity index is 2.55. The zero-order chi connectivity index (χ0) is 13.8. The summed E-state index contributed by atoms with van der Waals surface area (Å²) in [5, 5.41) is 3.63. The molecule has 1 unspecified atom stereocenters. The SMILES string of the molecule is CC(C)CC(CNC(C)(C)C)Cc1ccc(Cl)s1. The second kappa shape index (κ2) is 6.93. The molecule has 18 heavy (non-hydrogen) atoms. The Kier molecular flexibility index (Phi) is 6.16. The number of thiophene rings is 1. The maximum Gasteiger partial charge on any atom is 0.0931 e. The molecule has 3 heteroatoms. The van der Waals surface area contributed by atoms with E-state index >= 15 is 0 Å². The van der Waals surface area contributed by atoms with Gasteiger partial charge in [0.15, 0.2) is 0 Å². The lowest BCUT2D eigenvalue weighted by Gasteiger charge is -2.26. The standard InChI is InChI=1S/C15H26ClNS/c1-11(2)8-12(10-17-15(3,4)5)9-13-6-7-14(16)18-13/h6-7,11-12,17H,8-10H2,1-5H3. The van der Waals surface area contributed by atoms with Crippen molar-refractivity contribution < 1.29 is 0 Å². The van der Waals surface area contributed by atoms with Gasteiger partial charge in [0.2, 0.25) is 0 Å². The van der Waals surface area contributed by atoms with Gasteiger partial charge in [-0.3, -0.25) is 0 Å². The lowest BCUT2D eigenvalue weighted by molar-refractivity contribution is 0.332. The van der Waals surface area contributed by atoms with Crippen molar-refractivity contribution in [3.8, 4) is 0 Å². The Hall–Kier alpha value is -0.0500. The minimum Gasteiger partial charge on any atom is -0.312 e. The number of rotatable bonds is 6. The van der Waals surface area contributed by atoms with Crippen molar-refractivity contribution in [2.45, 2.75) is 53.0 Å². The van der Waals surface area contributed by atoms with E-state index in [9.17, 15) is 0 Å². The second-order valence-corrected chi connectivity index (χ2v) is 8.34. The van der Waals surface area contributed by atoms with Gasteiger partial charge in [-0.1, -0.05) is 25.4 Å². The normalized spacial score (nSPS) is 14.2. The monoisotopic (exact) mass is 287 g/mol. The third-order valence-electron chi connectivity index (χ3n) is 2.84. The van der Waals surface area contributed by atoms with E-state index in [0.29, 0.717) is 5.92 Å². The molecule has 1 aromatic rings. The molecule has 0 aliphatic heterocycles. The first-order valence-corrected chi connectivity index (χ1v) is 7.95. The summed E-state index contributed by atoms with van der Waals surface area (Å²) in [6.07, 6.45) is 2.40. The van der Waals surface area contributed by atoms with E-state index in [1.54, 1.807) is 11.3 Å². The van der Waals surface area contributed by atoms with Gasteiger partial charge in [0.25, 0.3) is 0 Å². The van der Waals surface area contributed by atoms with Crippen LogP contribution in [0.1, 0.15) is 45.9 Å². The molecule has 0 amide bonds. The van der Waals surface area contributed by atoms with E-state index in [2.05, 4.69) is 46.0 Å². The number of nitrogens with one attached hydrogen (secondary N) is 1. The van der Waals surface area contributed by atoms with Crippen LogP contribution in [-0.4, -0.2) is 12.1 Å². The molecule has 0 saturated carbocycles. The zero-order valence-corrected chi connectivity index (χ0v) is 13.8. The van der Waals surface area contributed by atoms with E-state index in [4.69, 9.17) is 11.6 Å². The first-order chi connectivity index (χ1) is 8.26. The smallest absolute Gasteiger partial charge is 0.0931 e. The van der Waals surface area contributed by atoms with Crippen molar-refractivity contribution >= 4 is 22.9 Å². The lowest BCUT2D eigenvalue weighted by atomic mass is 9.92. The summed E-state index contributed by atoms with van der Waals surface area (Å²) < 4.78 is 0.900. The fourth-order valence-corrected chi connectivity index (χ4v) is 3.30. The molecule has 0 saturated heterocycles. The topological polar surface area (TPSA) is 12.0 Å². The predicted octanol–water partition coefficient (Wildman–Crippen LogP) is 4.99. The maximum atomic E-state index is 6.00. The van der Waals surface area contributed by atoms with E-state index in [-0.39, 0.29) is 5.54 Å². The third-order valence-corrected chi connectivity index (χ3v) is 4.10. The van der Waals surface area contributed by atoms with Crippen molar-refractivity contribution in [3.63, 3.8) is 0 Å². The molecule has 1 N–H and O–H groups in total. The average Bonchev–Trinajstić information content (AvgIpc) is 2.58. The van der Waals surface area contributed by atoms with Gasteiger partial charge < -0.3 is 5.32 Å². The Bertz CT molecular complexity index is 352. The Morgan fingerprint density at radius 2 is 1.94 bits per heavy atom. The highest BCUT2D eigenvalue weighted by molar-refractivity contribution is 7.16. The van der Waals surface area contributed by atoms with E-state index < -0.39 is 0 Å². The van der Waals surface area contributed by atoms with Crippen molar-refractivity contribution in [1.82, 2.24) is 5.32 Å². The van der Waals surface area contributed by atoms with Crippen LogP contribution >= 0.6 is 22.9 Å². The van der Waals surface area contributed by atoms with Gasteiger partial charge in [0, 0.05) is 10.4 Å². The van der Waals surface area contributed by atoms with E-state index in [0.717, 1.165) is 23.2 Å². The summed E-state index contributed by atoms with van der Waals surface area (Å²) in [7, 11) is 0. The van der Waals surface area contributed by atoms with Gasteiger partial charge in [-0.2, -0.15) is 0 Å². The van der Waals surface area contributed by atoms with Gasteiger partial charge in [-0.15, -0.1) is 11.3 Å². The largest absolute Gasteiger partial charge is 0.312 e. The summed E-state index contributed by atoms with van der Waals surface area (Å²) in [6.45, 7) is 12.3. The van der Waals surface area contributed by atoms with Crippen LogP contribution in [0.15, 0.2) is 12.1 Å². The molecule has 1 aromatic heterocycles. The molecule has 1 rings (SSSR count). The molecule has 0 fully saturated rings. The third kappa shape index (κ3) is 6.77. The van der Waals surface area contributed by atoms with Crippen LogP contribution in [0, 0.1) is 11.8 Å². The van der Waals surface area contributed by atoms with Gasteiger partial charge in [0.1, 0.15) is 0 Å². The molecule has 0 aromatic carbocycles. The first kappa shape index (κ1) is 16.0.